The average molecular weight is 408 g/mol. The maximum atomic E-state index is 5.33. The minimum atomic E-state index is 0.395. The van der Waals surface area contributed by atoms with Crippen molar-refractivity contribution in [3.05, 3.63) is 60.1 Å². The number of benzene rings is 1. The van der Waals surface area contributed by atoms with E-state index in [2.05, 4.69) is 73.0 Å². The van der Waals surface area contributed by atoms with Gasteiger partial charge < -0.3 is 15.1 Å². The monoisotopic (exact) mass is 407 g/mol. The minimum Gasteiger partial charge on any atom is -0.461 e. The number of hydrogen-bond acceptors (Lipinski definition) is 5. The van der Waals surface area contributed by atoms with E-state index in [-0.39, 0.29) is 0 Å². The number of piperidine rings is 1. The lowest BCUT2D eigenvalue weighted by Gasteiger charge is -2.38. The second-order valence-electron chi connectivity index (χ2n) is 7.68. The Morgan fingerprint density at radius 2 is 2.13 bits per heavy atom. The van der Waals surface area contributed by atoms with Gasteiger partial charge in [0.2, 0.25) is 5.82 Å². The average Bonchev–Trinajstić information content (AvgIpc) is 3.45. The standard InChI is InChI=1S/C22H29N7O/c1-16-13-18(10-11-29(16)15-17-7-4-3-5-8-17)25-22(23-2)24-14-20-26-21(28-27-20)19-9-6-12-30-19/h3-9,12,16,18H,10-11,13-15H2,1-2H3,(H2,23,24,25)(H,26,27,28). The Morgan fingerprint density at radius 3 is 2.87 bits per heavy atom. The van der Waals surface area contributed by atoms with Crippen molar-refractivity contribution in [2.45, 2.75) is 44.9 Å². The lowest BCUT2D eigenvalue weighted by atomic mass is 9.97. The number of likely N-dealkylation sites (tertiary alicyclic amines) is 1. The van der Waals surface area contributed by atoms with Crippen LogP contribution in [0.2, 0.25) is 0 Å². The van der Waals surface area contributed by atoms with Crippen molar-refractivity contribution >= 4 is 5.96 Å². The first-order chi connectivity index (χ1) is 14.7. The third-order valence-electron chi connectivity index (χ3n) is 5.50. The number of nitrogens with one attached hydrogen (secondary N) is 3. The number of guanidine groups is 1. The van der Waals surface area contributed by atoms with Gasteiger partial charge in [0.05, 0.1) is 12.8 Å². The Morgan fingerprint density at radius 1 is 1.27 bits per heavy atom. The molecule has 1 fully saturated rings. The van der Waals surface area contributed by atoms with Gasteiger partial charge in [-0.15, -0.1) is 5.10 Å². The van der Waals surface area contributed by atoms with Crippen LogP contribution in [0.1, 0.15) is 31.2 Å². The van der Waals surface area contributed by atoms with E-state index in [0.29, 0.717) is 30.2 Å². The van der Waals surface area contributed by atoms with Gasteiger partial charge in [-0.25, -0.2) is 4.98 Å². The molecule has 4 rings (SSSR count). The van der Waals surface area contributed by atoms with Crippen LogP contribution in [0, 0.1) is 0 Å². The molecule has 0 radical (unpaired) electrons. The van der Waals surface area contributed by atoms with Crippen LogP contribution < -0.4 is 10.6 Å². The first-order valence-electron chi connectivity index (χ1n) is 10.4. The van der Waals surface area contributed by atoms with Crippen LogP contribution in [0.25, 0.3) is 11.6 Å². The zero-order valence-electron chi connectivity index (χ0n) is 17.5. The number of aromatic nitrogens is 3. The van der Waals surface area contributed by atoms with Gasteiger partial charge in [-0.1, -0.05) is 30.3 Å². The number of rotatable bonds is 6. The molecule has 0 bridgehead atoms. The lowest BCUT2D eigenvalue weighted by molar-refractivity contribution is 0.134. The van der Waals surface area contributed by atoms with Gasteiger partial charge in [0.15, 0.2) is 11.7 Å². The second-order valence-corrected chi connectivity index (χ2v) is 7.68. The molecule has 0 aliphatic carbocycles. The molecule has 0 saturated carbocycles. The zero-order valence-corrected chi connectivity index (χ0v) is 17.5. The van der Waals surface area contributed by atoms with Crippen LogP contribution in [0.3, 0.4) is 0 Å². The van der Waals surface area contributed by atoms with Crippen LogP contribution in [0.5, 0.6) is 0 Å². The van der Waals surface area contributed by atoms with Crippen molar-refractivity contribution in [1.29, 1.82) is 0 Å². The highest BCUT2D eigenvalue weighted by molar-refractivity contribution is 5.79. The van der Waals surface area contributed by atoms with Crippen LogP contribution in [-0.2, 0) is 13.1 Å². The predicted molar refractivity (Wildman–Crippen MR) is 117 cm³/mol. The summed E-state index contributed by atoms with van der Waals surface area (Å²) < 4.78 is 5.33. The van der Waals surface area contributed by atoms with E-state index in [1.165, 1.54) is 5.56 Å². The Balaban J connectivity index is 1.25. The molecule has 8 nitrogen and oxygen atoms in total. The topological polar surface area (TPSA) is 94.4 Å². The molecule has 1 aliphatic heterocycles. The van der Waals surface area contributed by atoms with E-state index in [4.69, 9.17) is 4.42 Å². The number of aliphatic imine (C=N–C) groups is 1. The number of furan rings is 1. The van der Waals surface area contributed by atoms with Crippen LogP contribution in [0.4, 0.5) is 0 Å². The van der Waals surface area contributed by atoms with Gasteiger partial charge in [-0.3, -0.25) is 15.0 Å². The summed E-state index contributed by atoms with van der Waals surface area (Å²) >= 11 is 0. The van der Waals surface area contributed by atoms with Crippen molar-refractivity contribution < 1.29 is 4.42 Å². The summed E-state index contributed by atoms with van der Waals surface area (Å²) in [5, 5.41) is 14.0. The SMILES string of the molecule is CN=C(NCc1nc(-c2ccco2)n[nH]1)NC1CCN(Cc2ccccc2)C(C)C1. The molecule has 3 aromatic rings. The summed E-state index contributed by atoms with van der Waals surface area (Å²) in [5.74, 6) is 2.71. The normalized spacial score (nSPS) is 20.3. The molecule has 30 heavy (non-hydrogen) atoms. The lowest BCUT2D eigenvalue weighted by Crippen LogP contribution is -2.51. The van der Waals surface area contributed by atoms with E-state index < -0.39 is 0 Å². The molecule has 1 saturated heterocycles. The molecule has 2 aromatic heterocycles. The fourth-order valence-electron chi connectivity index (χ4n) is 3.85. The van der Waals surface area contributed by atoms with Crippen molar-refractivity contribution in [2.75, 3.05) is 13.6 Å². The van der Waals surface area contributed by atoms with E-state index in [9.17, 15) is 0 Å². The smallest absolute Gasteiger partial charge is 0.216 e. The van der Waals surface area contributed by atoms with Gasteiger partial charge >= 0.3 is 0 Å². The maximum Gasteiger partial charge on any atom is 0.216 e. The summed E-state index contributed by atoms with van der Waals surface area (Å²) in [6.07, 6.45) is 3.78. The van der Waals surface area contributed by atoms with E-state index in [0.717, 1.165) is 37.7 Å². The number of aromatic amines is 1. The summed E-state index contributed by atoms with van der Waals surface area (Å²) in [6, 6.07) is 15.2. The fraction of sp³-hybridized carbons (Fsp3) is 0.409. The molecule has 1 aliphatic rings. The highest BCUT2D eigenvalue weighted by Gasteiger charge is 2.26. The maximum absolute atomic E-state index is 5.33. The summed E-state index contributed by atoms with van der Waals surface area (Å²) in [4.78, 5) is 11.4. The third kappa shape index (κ3) is 5.07. The van der Waals surface area contributed by atoms with Crippen LogP contribution in [0.15, 0.2) is 58.1 Å². The van der Waals surface area contributed by atoms with Crippen molar-refractivity contribution in [3.63, 3.8) is 0 Å². The molecular formula is C22H29N7O. The largest absolute Gasteiger partial charge is 0.461 e. The van der Waals surface area contributed by atoms with Gasteiger partial charge in [0.1, 0.15) is 5.82 Å². The quantitative estimate of drug-likeness (QED) is 0.430. The fourth-order valence-corrected chi connectivity index (χ4v) is 3.85. The van der Waals surface area contributed by atoms with Gasteiger partial charge in [-0.05, 0) is 37.5 Å². The first kappa shape index (κ1) is 20.2. The Labute approximate surface area is 176 Å². The molecule has 0 spiro atoms. The van der Waals surface area contributed by atoms with Gasteiger partial charge in [0, 0.05) is 32.2 Å². The zero-order chi connectivity index (χ0) is 20.8. The summed E-state index contributed by atoms with van der Waals surface area (Å²) in [7, 11) is 1.79. The van der Waals surface area contributed by atoms with E-state index in [1.54, 1.807) is 13.3 Å². The Kier molecular flexibility index (Phi) is 6.44. The summed E-state index contributed by atoms with van der Waals surface area (Å²) in [5.41, 5.74) is 1.37. The molecule has 2 atom stereocenters. The summed E-state index contributed by atoms with van der Waals surface area (Å²) in [6.45, 7) is 4.89. The molecular weight excluding hydrogens is 378 g/mol. The minimum absolute atomic E-state index is 0.395. The third-order valence-corrected chi connectivity index (χ3v) is 5.50. The molecule has 3 N–H and O–H groups in total. The van der Waals surface area contributed by atoms with E-state index in [1.807, 2.05) is 12.1 Å². The molecule has 158 valence electrons. The first-order valence-corrected chi connectivity index (χ1v) is 10.4. The molecule has 2 unspecified atom stereocenters. The van der Waals surface area contributed by atoms with E-state index >= 15 is 0 Å². The number of hydrogen-bond donors (Lipinski definition) is 3. The predicted octanol–water partition coefficient (Wildman–Crippen LogP) is 2.78. The second kappa shape index (κ2) is 9.58. The molecule has 1 aromatic carbocycles. The molecule has 3 heterocycles. The van der Waals surface area contributed by atoms with Crippen LogP contribution >= 0.6 is 0 Å². The van der Waals surface area contributed by atoms with Crippen LogP contribution in [-0.4, -0.2) is 51.7 Å². The van der Waals surface area contributed by atoms with Gasteiger partial charge in [0.25, 0.3) is 0 Å². The molecule has 8 heteroatoms. The van der Waals surface area contributed by atoms with Crippen molar-refractivity contribution in [1.82, 2.24) is 30.7 Å². The van der Waals surface area contributed by atoms with Crippen molar-refractivity contribution in [3.8, 4) is 11.6 Å². The Bertz CT molecular complexity index is 936. The van der Waals surface area contributed by atoms with Crippen molar-refractivity contribution in [2.24, 2.45) is 4.99 Å². The Hall–Kier alpha value is -3.13. The highest BCUT2D eigenvalue weighted by Crippen LogP contribution is 2.20. The number of H-pyrrole nitrogens is 1. The number of nitrogens with zero attached hydrogens (tertiary/aromatic N) is 4. The van der Waals surface area contributed by atoms with Gasteiger partial charge in [-0.2, -0.15) is 0 Å². The highest BCUT2D eigenvalue weighted by atomic mass is 16.3. The molecule has 0 amide bonds.